The Labute approximate surface area is 120 Å². The van der Waals surface area contributed by atoms with E-state index in [9.17, 15) is 14.7 Å². The van der Waals surface area contributed by atoms with Crippen LogP contribution in [0.1, 0.15) is 20.3 Å². The second-order valence-electron chi connectivity index (χ2n) is 6.07. The molecule has 0 bridgehead atoms. The van der Waals surface area contributed by atoms with Crippen LogP contribution >= 0.6 is 0 Å². The molecule has 0 aliphatic carbocycles. The van der Waals surface area contributed by atoms with Gasteiger partial charge in [0.05, 0.1) is 24.0 Å². The predicted octanol–water partition coefficient (Wildman–Crippen LogP) is -0.718. The molecule has 6 nitrogen and oxygen atoms in total. The van der Waals surface area contributed by atoms with Crippen LogP contribution in [0.15, 0.2) is 0 Å². The molecule has 6 heteroatoms. The SMILES string of the molecule is C[C@@H](O)[C@H]1C(=O)N[C@@H]1[C@@H](C)C(=O)N1CCCN(C)CC1. The van der Waals surface area contributed by atoms with Crippen LogP contribution in [0.2, 0.25) is 0 Å². The summed E-state index contributed by atoms with van der Waals surface area (Å²) < 4.78 is 0. The maximum atomic E-state index is 12.5. The van der Waals surface area contributed by atoms with Gasteiger partial charge in [-0.1, -0.05) is 6.92 Å². The van der Waals surface area contributed by atoms with Gasteiger partial charge < -0.3 is 20.2 Å². The van der Waals surface area contributed by atoms with Gasteiger partial charge in [0.2, 0.25) is 11.8 Å². The molecule has 2 N–H and O–H groups in total. The zero-order valence-electron chi connectivity index (χ0n) is 12.5. The smallest absolute Gasteiger partial charge is 0.228 e. The number of likely N-dealkylation sites (N-methyl/N-ethyl adjacent to an activating group) is 1. The molecule has 20 heavy (non-hydrogen) atoms. The Kier molecular flexibility index (Phi) is 4.65. The van der Waals surface area contributed by atoms with Crippen molar-refractivity contribution in [1.82, 2.24) is 15.1 Å². The third kappa shape index (κ3) is 2.96. The van der Waals surface area contributed by atoms with Gasteiger partial charge in [-0.2, -0.15) is 0 Å². The highest BCUT2D eigenvalue weighted by Crippen LogP contribution is 2.27. The summed E-state index contributed by atoms with van der Waals surface area (Å²) >= 11 is 0. The summed E-state index contributed by atoms with van der Waals surface area (Å²) in [6.07, 6.45) is 0.269. The van der Waals surface area contributed by atoms with Crippen molar-refractivity contribution in [2.75, 3.05) is 33.2 Å². The molecule has 0 saturated carbocycles. The Morgan fingerprint density at radius 3 is 2.60 bits per heavy atom. The van der Waals surface area contributed by atoms with E-state index in [0.717, 1.165) is 32.6 Å². The highest BCUT2D eigenvalue weighted by atomic mass is 16.3. The van der Waals surface area contributed by atoms with Crippen molar-refractivity contribution in [2.45, 2.75) is 32.4 Å². The Morgan fingerprint density at radius 1 is 1.30 bits per heavy atom. The number of carbonyl (C=O) groups is 2. The van der Waals surface area contributed by atoms with Gasteiger partial charge in [0.15, 0.2) is 0 Å². The number of rotatable bonds is 3. The lowest BCUT2D eigenvalue weighted by Crippen LogP contribution is -2.66. The zero-order chi connectivity index (χ0) is 14.9. The first-order valence-corrected chi connectivity index (χ1v) is 7.37. The van der Waals surface area contributed by atoms with E-state index in [2.05, 4.69) is 17.3 Å². The molecule has 0 radical (unpaired) electrons. The van der Waals surface area contributed by atoms with Crippen LogP contribution in [-0.4, -0.2) is 72.1 Å². The second-order valence-corrected chi connectivity index (χ2v) is 6.07. The van der Waals surface area contributed by atoms with Gasteiger partial charge >= 0.3 is 0 Å². The van der Waals surface area contributed by atoms with Crippen molar-refractivity contribution < 1.29 is 14.7 Å². The summed E-state index contributed by atoms with van der Waals surface area (Å²) in [4.78, 5) is 28.1. The highest BCUT2D eigenvalue weighted by molar-refractivity contribution is 5.90. The van der Waals surface area contributed by atoms with Crippen molar-refractivity contribution >= 4 is 11.8 Å². The first-order valence-electron chi connectivity index (χ1n) is 7.37. The standard InChI is InChI=1S/C14H25N3O3/c1-9(12-11(10(2)18)13(19)15-12)14(20)17-6-4-5-16(3)7-8-17/h9-12,18H,4-8H2,1-3H3,(H,15,19)/t9-,10-,11-,12-/m1/s1. The third-order valence-electron chi connectivity index (χ3n) is 4.48. The van der Waals surface area contributed by atoms with Crippen molar-refractivity contribution in [3.63, 3.8) is 0 Å². The number of carbonyl (C=O) groups excluding carboxylic acids is 2. The molecule has 0 unspecified atom stereocenters. The van der Waals surface area contributed by atoms with E-state index in [-0.39, 0.29) is 23.8 Å². The molecule has 2 aliphatic heterocycles. The Balaban J connectivity index is 1.96. The van der Waals surface area contributed by atoms with Gasteiger partial charge in [-0.3, -0.25) is 9.59 Å². The van der Waals surface area contributed by atoms with Crippen LogP contribution in [0.25, 0.3) is 0 Å². The van der Waals surface area contributed by atoms with Crippen LogP contribution in [0.5, 0.6) is 0 Å². The lowest BCUT2D eigenvalue weighted by molar-refractivity contribution is -0.148. The van der Waals surface area contributed by atoms with Crippen LogP contribution in [0.4, 0.5) is 0 Å². The molecular formula is C14H25N3O3. The minimum absolute atomic E-state index is 0.0796. The predicted molar refractivity (Wildman–Crippen MR) is 75.0 cm³/mol. The maximum absolute atomic E-state index is 12.5. The lowest BCUT2D eigenvalue weighted by atomic mass is 9.78. The molecule has 0 aromatic rings. The first-order chi connectivity index (χ1) is 9.41. The van der Waals surface area contributed by atoms with E-state index in [1.807, 2.05) is 11.8 Å². The average Bonchev–Trinajstić information content (AvgIpc) is 2.58. The number of aliphatic hydroxyl groups excluding tert-OH is 1. The van der Waals surface area contributed by atoms with E-state index in [0.29, 0.717) is 0 Å². The molecule has 0 aromatic carbocycles. The van der Waals surface area contributed by atoms with E-state index in [4.69, 9.17) is 0 Å². The summed E-state index contributed by atoms with van der Waals surface area (Å²) in [6.45, 7) is 6.85. The van der Waals surface area contributed by atoms with E-state index in [1.165, 1.54) is 0 Å². The van der Waals surface area contributed by atoms with Crippen molar-refractivity contribution in [1.29, 1.82) is 0 Å². The number of aliphatic hydroxyl groups is 1. The van der Waals surface area contributed by atoms with Crippen molar-refractivity contribution in [3.05, 3.63) is 0 Å². The topological polar surface area (TPSA) is 72.9 Å². The summed E-state index contributed by atoms with van der Waals surface area (Å²) in [7, 11) is 2.06. The summed E-state index contributed by atoms with van der Waals surface area (Å²) in [5, 5.41) is 12.4. The first kappa shape index (κ1) is 15.3. The van der Waals surface area contributed by atoms with Gasteiger partial charge in [0.1, 0.15) is 0 Å². The maximum Gasteiger partial charge on any atom is 0.228 e. The molecule has 2 heterocycles. The van der Waals surface area contributed by atoms with Gasteiger partial charge in [-0.25, -0.2) is 0 Å². The average molecular weight is 283 g/mol. The molecule has 2 amide bonds. The van der Waals surface area contributed by atoms with Crippen LogP contribution in [0.3, 0.4) is 0 Å². The molecule has 2 saturated heterocycles. The van der Waals surface area contributed by atoms with Gasteiger partial charge in [0, 0.05) is 19.6 Å². The quantitative estimate of drug-likeness (QED) is 0.671. The van der Waals surface area contributed by atoms with Crippen LogP contribution in [-0.2, 0) is 9.59 Å². The van der Waals surface area contributed by atoms with Gasteiger partial charge in [-0.15, -0.1) is 0 Å². The highest BCUT2D eigenvalue weighted by Gasteiger charge is 2.47. The van der Waals surface area contributed by atoms with Crippen molar-refractivity contribution in [3.8, 4) is 0 Å². The van der Waals surface area contributed by atoms with Crippen LogP contribution in [0, 0.1) is 11.8 Å². The molecule has 4 atom stereocenters. The van der Waals surface area contributed by atoms with Gasteiger partial charge in [-0.05, 0) is 26.9 Å². The number of β-lactam (4-membered cyclic amide) rings is 1. The Morgan fingerprint density at radius 2 is 2.00 bits per heavy atom. The number of nitrogens with one attached hydrogen (secondary N) is 1. The fraction of sp³-hybridized carbons (Fsp3) is 0.857. The van der Waals surface area contributed by atoms with E-state index < -0.39 is 12.0 Å². The van der Waals surface area contributed by atoms with Gasteiger partial charge in [0.25, 0.3) is 0 Å². The minimum atomic E-state index is -0.709. The largest absolute Gasteiger partial charge is 0.393 e. The number of hydrogen-bond donors (Lipinski definition) is 2. The van der Waals surface area contributed by atoms with Crippen LogP contribution < -0.4 is 5.32 Å². The van der Waals surface area contributed by atoms with E-state index >= 15 is 0 Å². The lowest BCUT2D eigenvalue weighted by Gasteiger charge is -2.42. The monoisotopic (exact) mass is 283 g/mol. The summed E-state index contributed by atoms with van der Waals surface area (Å²) in [5.41, 5.74) is 0. The molecule has 0 spiro atoms. The molecule has 2 rings (SSSR count). The van der Waals surface area contributed by atoms with Crippen molar-refractivity contribution in [2.24, 2.45) is 11.8 Å². The summed E-state index contributed by atoms with van der Waals surface area (Å²) in [5.74, 6) is -0.810. The number of hydrogen-bond acceptors (Lipinski definition) is 4. The second kappa shape index (κ2) is 6.10. The summed E-state index contributed by atoms with van der Waals surface area (Å²) in [6, 6.07) is -0.240. The fourth-order valence-electron chi connectivity index (χ4n) is 3.08. The Bertz CT molecular complexity index is 386. The minimum Gasteiger partial charge on any atom is -0.393 e. The van der Waals surface area contributed by atoms with E-state index in [1.54, 1.807) is 6.92 Å². The normalized spacial score (nSPS) is 31.0. The Hall–Kier alpha value is -1.14. The molecular weight excluding hydrogens is 258 g/mol. The number of amides is 2. The fourth-order valence-corrected chi connectivity index (χ4v) is 3.08. The zero-order valence-corrected chi connectivity index (χ0v) is 12.5. The number of nitrogens with zero attached hydrogens (tertiary/aromatic N) is 2. The third-order valence-corrected chi connectivity index (χ3v) is 4.48. The molecule has 114 valence electrons. The molecule has 2 aliphatic rings. The molecule has 2 fully saturated rings. The molecule has 0 aromatic heterocycles.